The predicted octanol–water partition coefficient (Wildman–Crippen LogP) is 4.93. The number of carboxylic acid groups (broad SMARTS) is 1. The Morgan fingerprint density at radius 1 is 1.12 bits per heavy atom. The zero-order chi connectivity index (χ0) is 18.1. The first-order valence-corrected chi connectivity index (χ1v) is 9.65. The van der Waals surface area contributed by atoms with Crippen LogP contribution in [0.15, 0.2) is 54.6 Å². The Bertz CT molecular complexity index is 897. The van der Waals surface area contributed by atoms with E-state index in [0.29, 0.717) is 31.5 Å². The molecule has 1 aliphatic heterocycles. The van der Waals surface area contributed by atoms with Gasteiger partial charge in [-0.1, -0.05) is 36.4 Å². The molecule has 26 heavy (non-hydrogen) atoms. The molecule has 5 heteroatoms. The monoisotopic (exact) mass is 369 g/mol. The standard InChI is InChI=1S/C21H20FNO2S/c22-17-7-3-2-6-16(17)20(23-11-9-14(10-12-23)21(24)25)19-13-15-5-1-4-8-18(15)26-19/h1-8,13-14,20H,9-12H2,(H,24,25). The quantitative estimate of drug-likeness (QED) is 0.709. The summed E-state index contributed by atoms with van der Waals surface area (Å²) in [6.07, 6.45) is 1.20. The summed E-state index contributed by atoms with van der Waals surface area (Å²) < 4.78 is 15.8. The summed E-state index contributed by atoms with van der Waals surface area (Å²) in [6, 6.07) is 17.0. The van der Waals surface area contributed by atoms with E-state index in [1.807, 2.05) is 24.3 Å². The predicted molar refractivity (Wildman–Crippen MR) is 102 cm³/mol. The summed E-state index contributed by atoms with van der Waals surface area (Å²) in [6.45, 7) is 1.31. The Labute approximate surface area is 155 Å². The van der Waals surface area contributed by atoms with Gasteiger partial charge in [0.05, 0.1) is 12.0 Å². The summed E-state index contributed by atoms with van der Waals surface area (Å²) in [7, 11) is 0. The number of aliphatic carboxylic acids is 1. The number of thiophene rings is 1. The minimum Gasteiger partial charge on any atom is -0.481 e. The molecule has 1 saturated heterocycles. The molecule has 2 aromatic carbocycles. The van der Waals surface area contributed by atoms with Gasteiger partial charge in [0, 0.05) is 15.1 Å². The first-order chi connectivity index (χ1) is 12.6. The zero-order valence-electron chi connectivity index (χ0n) is 14.3. The molecule has 3 nitrogen and oxygen atoms in total. The third-order valence-corrected chi connectivity index (χ3v) is 6.33. The van der Waals surface area contributed by atoms with Crippen LogP contribution >= 0.6 is 11.3 Å². The number of halogens is 1. The molecule has 4 rings (SSSR count). The van der Waals surface area contributed by atoms with Crippen LogP contribution in [0.4, 0.5) is 4.39 Å². The molecule has 134 valence electrons. The van der Waals surface area contributed by atoms with Crippen LogP contribution in [0.2, 0.25) is 0 Å². The van der Waals surface area contributed by atoms with E-state index in [9.17, 15) is 14.3 Å². The summed E-state index contributed by atoms with van der Waals surface area (Å²) >= 11 is 1.69. The van der Waals surface area contributed by atoms with E-state index in [2.05, 4.69) is 23.1 Å². The number of piperidine rings is 1. The fourth-order valence-electron chi connectivity index (χ4n) is 3.77. The fraction of sp³-hybridized carbons (Fsp3) is 0.286. The van der Waals surface area contributed by atoms with E-state index in [-0.39, 0.29) is 17.8 Å². The summed E-state index contributed by atoms with van der Waals surface area (Å²) in [5, 5.41) is 10.4. The number of rotatable bonds is 4. The smallest absolute Gasteiger partial charge is 0.306 e. The molecule has 1 N–H and O–H groups in total. The normalized spacial score (nSPS) is 17.4. The van der Waals surface area contributed by atoms with E-state index in [1.165, 1.54) is 10.8 Å². The lowest BCUT2D eigenvalue weighted by Crippen LogP contribution is -2.39. The summed E-state index contributed by atoms with van der Waals surface area (Å²) in [5.41, 5.74) is 0.660. The van der Waals surface area contributed by atoms with Gasteiger partial charge in [0.15, 0.2) is 0 Å². The van der Waals surface area contributed by atoms with Gasteiger partial charge in [-0.3, -0.25) is 9.69 Å². The number of benzene rings is 2. The molecule has 0 spiro atoms. The SMILES string of the molecule is O=C(O)C1CCN(C(c2cc3ccccc3s2)c2ccccc2F)CC1. The second-order valence-electron chi connectivity index (χ2n) is 6.76. The van der Waals surface area contributed by atoms with Crippen molar-refractivity contribution in [1.82, 2.24) is 4.90 Å². The molecule has 0 aliphatic carbocycles. The molecule has 1 aliphatic rings. The highest BCUT2D eigenvalue weighted by Gasteiger charge is 2.32. The Kier molecular flexibility index (Phi) is 4.74. The van der Waals surface area contributed by atoms with Gasteiger partial charge in [-0.2, -0.15) is 0 Å². The maximum Gasteiger partial charge on any atom is 0.306 e. The van der Waals surface area contributed by atoms with Crippen LogP contribution in [0.3, 0.4) is 0 Å². The summed E-state index contributed by atoms with van der Waals surface area (Å²) in [5.74, 6) is -1.24. The highest BCUT2D eigenvalue weighted by atomic mass is 32.1. The Morgan fingerprint density at radius 3 is 2.50 bits per heavy atom. The zero-order valence-corrected chi connectivity index (χ0v) is 15.1. The lowest BCUT2D eigenvalue weighted by Gasteiger charge is -2.36. The number of fused-ring (bicyclic) bond motifs is 1. The second-order valence-corrected chi connectivity index (χ2v) is 7.87. The lowest BCUT2D eigenvalue weighted by molar-refractivity contribution is -0.143. The molecule has 0 saturated carbocycles. The van der Waals surface area contributed by atoms with Crippen LogP contribution in [0, 0.1) is 11.7 Å². The van der Waals surface area contributed by atoms with Gasteiger partial charge in [0.2, 0.25) is 0 Å². The number of nitrogens with zero attached hydrogens (tertiary/aromatic N) is 1. The van der Waals surface area contributed by atoms with E-state index >= 15 is 0 Å². The first-order valence-electron chi connectivity index (χ1n) is 8.83. The molecule has 0 bridgehead atoms. The van der Waals surface area contributed by atoms with Crippen LogP contribution < -0.4 is 0 Å². The van der Waals surface area contributed by atoms with E-state index in [4.69, 9.17) is 0 Å². The average molecular weight is 369 g/mol. The molecule has 1 unspecified atom stereocenters. The van der Waals surface area contributed by atoms with Gasteiger partial charge in [0.25, 0.3) is 0 Å². The van der Waals surface area contributed by atoms with Crippen molar-refractivity contribution in [2.45, 2.75) is 18.9 Å². The Balaban J connectivity index is 1.73. The highest BCUT2D eigenvalue weighted by Crippen LogP contribution is 2.39. The van der Waals surface area contributed by atoms with Gasteiger partial charge >= 0.3 is 5.97 Å². The van der Waals surface area contributed by atoms with Crippen LogP contribution in [0.1, 0.15) is 29.3 Å². The third kappa shape index (κ3) is 3.24. The van der Waals surface area contributed by atoms with Crippen molar-refractivity contribution in [2.75, 3.05) is 13.1 Å². The largest absolute Gasteiger partial charge is 0.481 e. The molecule has 3 aromatic rings. The van der Waals surface area contributed by atoms with Crippen molar-refractivity contribution in [1.29, 1.82) is 0 Å². The van der Waals surface area contributed by atoms with Gasteiger partial charge in [-0.15, -0.1) is 11.3 Å². The molecule has 0 radical (unpaired) electrons. The Hall–Kier alpha value is -2.24. The topological polar surface area (TPSA) is 40.5 Å². The molecule has 1 atom stereocenters. The number of likely N-dealkylation sites (tertiary alicyclic amines) is 1. The molecular weight excluding hydrogens is 349 g/mol. The minimum atomic E-state index is -0.728. The minimum absolute atomic E-state index is 0.177. The van der Waals surface area contributed by atoms with Crippen molar-refractivity contribution in [3.63, 3.8) is 0 Å². The molecule has 2 heterocycles. The van der Waals surface area contributed by atoms with E-state index < -0.39 is 5.97 Å². The highest BCUT2D eigenvalue weighted by molar-refractivity contribution is 7.19. The lowest BCUT2D eigenvalue weighted by atomic mass is 9.93. The molecule has 1 fully saturated rings. The van der Waals surface area contributed by atoms with Crippen LogP contribution in [-0.2, 0) is 4.79 Å². The summed E-state index contributed by atoms with van der Waals surface area (Å²) in [4.78, 5) is 14.6. The first kappa shape index (κ1) is 17.2. The number of hydrogen-bond donors (Lipinski definition) is 1. The van der Waals surface area contributed by atoms with Crippen molar-refractivity contribution >= 4 is 27.4 Å². The van der Waals surface area contributed by atoms with Crippen LogP contribution in [0.25, 0.3) is 10.1 Å². The third-order valence-electron chi connectivity index (χ3n) is 5.16. The van der Waals surface area contributed by atoms with Crippen LogP contribution in [0.5, 0.6) is 0 Å². The fourth-order valence-corrected chi connectivity index (χ4v) is 4.99. The van der Waals surface area contributed by atoms with Crippen molar-refractivity contribution < 1.29 is 14.3 Å². The Morgan fingerprint density at radius 2 is 1.81 bits per heavy atom. The van der Waals surface area contributed by atoms with Crippen molar-refractivity contribution in [3.8, 4) is 0 Å². The van der Waals surface area contributed by atoms with Gasteiger partial charge in [-0.25, -0.2) is 4.39 Å². The number of hydrogen-bond acceptors (Lipinski definition) is 3. The average Bonchev–Trinajstić information content (AvgIpc) is 3.07. The van der Waals surface area contributed by atoms with Crippen molar-refractivity contribution in [2.24, 2.45) is 5.92 Å². The second kappa shape index (κ2) is 7.17. The maximum absolute atomic E-state index is 14.6. The molecule has 1 aromatic heterocycles. The van der Waals surface area contributed by atoms with E-state index in [1.54, 1.807) is 17.4 Å². The van der Waals surface area contributed by atoms with Gasteiger partial charge in [-0.05, 0) is 49.5 Å². The maximum atomic E-state index is 14.6. The molecular formula is C21H20FNO2S. The van der Waals surface area contributed by atoms with Gasteiger partial charge in [0.1, 0.15) is 5.82 Å². The number of carbonyl (C=O) groups is 1. The van der Waals surface area contributed by atoms with E-state index in [0.717, 1.165) is 10.3 Å². The van der Waals surface area contributed by atoms with Gasteiger partial charge < -0.3 is 5.11 Å². The van der Waals surface area contributed by atoms with Crippen molar-refractivity contribution in [3.05, 3.63) is 70.9 Å². The van der Waals surface area contributed by atoms with Crippen LogP contribution in [-0.4, -0.2) is 29.1 Å². The number of carboxylic acids is 1. The molecule has 0 amide bonds.